The lowest BCUT2D eigenvalue weighted by Crippen LogP contribution is -2.53. The Balaban J connectivity index is 1.62. The van der Waals surface area contributed by atoms with Crippen LogP contribution in [0, 0.1) is 0 Å². The average Bonchev–Trinajstić information content (AvgIpc) is 3.34. The molecule has 1 atom stereocenters. The van der Waals surface area contributed by atoms with Crippen LogP contribution in [-0.4, -0.2) is 56.8 Å². The fraction of sp³-hybridized carbons (Fsp3) is 0.462. The molecule has 0 bridgehead atoms. The van der Waals surface area contributed by atoms with E-state index in [1.165, 1.54) is 17.0 Å². The Kier molecular flexibility index (Phi) is 8.95. The molecule has 0 spiro atoms. The van der Waals surface area contributed by atoms with Gasteiger partial charge in [-0.2, -0.15) is 0 Å². The van der Waals surface area contributed by atoms with Gasteiger partial charge in [0.1, 0.15) is 12.6 Å². The van der Waals surface area contributed by atoms with Crippen LogP contribution in [0.2, 0.25) is 10.0 Å². The average molecular weight is 585 g/mol. The summed E-state index contributed by atoms with van der Waals surface area (Å²) in [6.07, 6.45) is 5.99. The molecule has 2 amide bonds. The van der Waals surface area contributed by atoms with Crippen molar-refractivity contribution in [2.45, 2.75) is 57.7 Å². The van der Waals surface area contributed by atoms with E-state index < -0.39 is 28.5 Å². The summed E-state index contributed by atoms with van der Waals surface area (Å²) in [4.78, 5) is 28.4. The van der Waals surface area contributed by atoms with Gasteiger partial charge in [0, 0.05) is 34.3 Å². The van der Waals surface area contributed by atoms with Crippen LogP contribution in [-0.2, 0) is 26.2 Å². The molecular weight excluding hydrogens is 553 g/mol. The Morgan fingerprint density at radius 3 is 2.37 bits per heavy atom. The maximum atomic E-state index is 13.8. The summed E-state index contributed by atoms with van der Waals surface area (Å²) in [6.45, 7) is 1.03. The fourth-order valence-corrected chi connectivity index (χ4v) is 6.02. The molecule has 0 saturated heterocycles. The zero-order valence-electron chi connectivity index (χ0n) is 21.3. The summed E-state index contributed by atoms with van der Waals surface area (Å²) in [6, 6.07) is 8.74. The Labute approximate surface area is 233 Å². The molecule has 1 saturated carbocycles. The first kappa shape index (κ1) is 28.3. The van der Waals surface area contributed by atoms with Gasteiger partial charge >= 0.3 is 0 Å². The standard InChI is InChI=1S/C26H31Cl2N3O6S/c1-17(26(33)29-18-7-4-3-5-8-18)30(14-20-21(27)9-6-10-22(20)28)25(32)15-31(38(2,34)35)19-11-12-23-24(13-19)37-16-36-23/h6,9-13,17-18H,3-5,7-8,14-16H2,1-2H3,(H,29,33). The molecule has 12 heteroatoms. The van der Waals surface area contributed by atoms with Crippen LogP contribution in [0.3, 0.4) is 0 Å². The van der Waals surface area contributed by atoms with Crippen molar-refractivity contribution in [3.05, 3.63) is 52.0 Å². The Bertz CT molecular complexity index is 1280. The molecular formula is C26H31Cl2N3O6S. The van der Waals surface area contributed by atoms with Crippen LogP contribution < -0.4 is 19.1 Å². The SMILES string of the molecule is CC(C(=O)NC1CCCCC1)N(Cc1c(Cl)cccc1Cl)C(=O)CN(c1ccc2c(c1)OCO2)S(C)(=O)=O. The number of hydrogen-bond donors (Lipinski definition) is 1. The quantitative estimate of drug-likeness (QED) is 0.470. The van der Waals surface area contributed by atoms with E-state index in [1.807, 2.05) is 0 Å². The third-order valence-corrected chi connectivity index (χ3v) is 8.68. The number of nitrogens with one attached hydrogen (secondary N) is 1. The first-order chi connectivity index (χ1) is 18.0. The highest BCUT2D eigenvalue weighted by molar-refractivity contribution is 7.92. The van der Waals surface area contributed by atoms with E-state index in [0.717, 1.165) is 42.7 Å². The minimum atomic E-state index is -3.89. The maximum Gasteiger partial charge on any atom is 0.244 e. The van der Waals surface area contributed by atoms with Gasteiger partial charge in [-0.25, -0.2) is 8.42 Å². The van der Waals surface area contributed by atoms with Crippen LogP contribution in [0.15, 0.2) is 36.4 Å². The van der Waals surface area contributed by atoms with E-state index >= 15 is 0 Å². The monoisotopic (exact) mass is 583 g/mol. The summed E-state index contributed by atoms with van der Waals surface area (Å²) in [5, 5.41) is 3.73. The molecule has 0 aromatic heterocycles. The van der Waals surface area contributed by atoms with Gasteiger partial charge in [-0.15, -0.1) is 0 Å². The van der Waals surface area contributed by atoms with Crippen molar-refractivity contribution in [3.63, 3.8) is 0 Å². The molecule has 38 heavy (non-hydrogen) atoms. The summed E-state index contributed by atoms with van der Waals surface area (Å²) < 4.78 is 37.2. The van der Waals surface area contributed by atoms with Crippen LogP contribution >= 0.6 is 23.2 Å². The molecule has 2 aromatic carbocycles. The first-order valence-electron chi connectivity index (χ1n) is 12.4. The highest BCUT2D eigenvalue weighted by atomic mass is 35.5. The predicted octanol–water partition coefficient (Wildman–Crippen LogP) is 4.35. The predicted molar refractivity (Wildman–Crippen MR) is 146 cm³/mol. The number of amides is 2. The molecule has 1 N–H and O–H groups in total. The van der Waals surface area contributed by atoms with Gasteiger partial charge in [0.15, 0.2) is 11.5 Å². The van der Waals surface area contributed by atoms with E-state index in [-0.39, 0.29) is 31.0 Å². The maximum absolute atomic E-state index is 13.8. The van der Waals surface area contributed by atoms with Crippen LogP contribution in [0.5, 0.6) is 11.5 Å². The summed E-state index contributed by atoms with van der Waals surface area (Å²) in [5.74, 6) is -0.0437. The lowest BCUT2D eigenvalue weighted by atomic mass is 9.95. The Morgan fingerprint density at radius 1 is 1.05 bits per heavy atom. The lowest BCUT2D eigenvalue weighted by molar-refractivity contribution is -0.139. The van der Waals surface area contributed by atoms with Gasteiger partial charge in [0.25, 0.3) is 0 Å². The minimum absolute atomic E-state index is 0.0244. The van der Waals surface area contributed by atoms with Crippen molar-refractivity contribution in [1.29, 1.82) is 0 Å². The summed E-state index contributed by atoms with van der Waals surface area (Å²) >= 11 is 12.8. The summed E-state index contributed by atoms with van der Waals surface area (Å²) in [5.41, 5.74) is 0.704. The Hall–Kier alpha value is -2.69. The fourth-order valence-electron chi connectivity index (χ4n) is 4.66. The second-order valence-electron chi connectivity index (χ2n) is 9.55. The molecule has 1 aliphatic carbocycles. The number of hydrogen-bond acceptors (Lipinski definition) is 6. The van der Waals surface area contributed by atoms with Crippen molar-refractivity contribution in [2.75, 3.05) is 23.9 Å². The van der Waals surface area contributed by atoms with E-state index in [9.17, 15) is 18.0 Å². The largest absolute Gasteiger partial charge is 0.454 e. The smallest absolute Gasteiger partial charge is 0.244 e. The number of nitrogens with zero attached hydrogens (tertiary/aromatic N) is 2. The Morgan fingerprint density at radius 2 is 1.71 bits per heavy atom. The van der Waals surface area contributed by atoms with E-state index in [0.29, 0.717) is 27.1 Å². The highest BCUT2D eigenvalue weighted by Crippen LogP contribution is 2.36. The zero-order chi connectivity index (χ0) is 27.4. The highest BCUT2D eigenvalue weighted by Gasteiger charge is 2.32. The molecule has 1 aliphatic heterocycles. The molecule has 0 radical (unpaired) electrons. The van der Waals surface area contributed by atoms with Crippen LogP contribution in [0.4, 0.5) is 5.69 Å². The molecule has 9 nitrogen and oxygen atoms in total. The van der Waals surface area contributed by atoms with E-state index in [2.05, 4.69) is 5.32 Å². The van der Waals surface area contributed by atoms with Gasteiger partial charge < -0.3 is 19.7 Å². The third-order valence-electron chi connectivity index (χ3n) is 6.83. The summed E-state index contributed by atoms with van der Waals surface area (Å²) in [7, 11) is -3.89. The first-order valence-corrected chi connectivity index (χ1v) is 15.0. The van der Waals surface area contributed by atoms with Crippen molar-refractivity contribution >= 4 is 50.7 Å². The van der Waals surface area contributed by atoms with Crippen LogP contribution in [0.25, 0.3) is 0 Å². The number of sulfonamides is 1. The second-order valence-corrected chi connectivity index (χ2v) is 12.3. The number of rotatable bonds is 9. The van der Waals surface area contributed by atoms with Gasteiger partial charge in [0.2, 0.25) is 28.6 Å². The minimum Gasteiger partial charge on any atom is -0.454 e. The molecule has 2 aromatic rings. The van der Waals surface area contributed by atoms with Gasteiger partial charge in [-0.1, -0.05) is 48.5 Å². The number of halogens is 2. The molecule has 1 heterocycles. The van der Waals surface area contributed by atoms with Gasteiger partial charge in [0.05, 0.1) is 11.9 Å². The number of benzene rings is 2. The van der Waals surface area contributed by atoms with Crippen molar-refractivity contribution in [2.24, 2.45) is 0 Å². The molecule has 2 aliphatic rings. The molecule has 1 unspecified atom stereocenters. The zero-order valence-corrected chi connectivity index (χ0v) is 23.6. The van der Waals surface area contributed by atoms with E-state index in [4.69, 9.17) is 32.7 Å². The van der Waals surface area contributed by atoms with Crippen molar-refractivity contribution < 1.29 is 27.5 Å². The number of anilines is 1. The third kappa shape index (κ3) is 6.65. The topological polar surface area (TPSA) is 105 Å². The van der Waals surface area contributed by atoms with Gasteiger partial charge in [-0.05, 0) is 44.0 Å². The second kappa shape index (κ2) is 12.0. The normalized spacial score (nSPS) is 16.1. The number of carbonyl (C=O) groups is 2. The number of carbonyl (C=O) groups excluding carboxylic acids is 2. The van der Waals surface area contributed by atoms with Crippen molar-refractivity contribution in [3.8, 4) is 11.5 Å². The number of ether oxygens (including phenoxy) is 2. The molecule has 206 valence electrons. The van der Waals surface area contributed by atoms with Gasteiger partial charge in [-0.3, -0.25) is 13.9 Å². The lowest BCUT2D eigenvalue weighted by Gasteiger charge is -2.33. The molecule has 4 rings (SSSR count). The molecule has 1 fully saturated rings. The van der Waals surface area contributed by atoms with Crippen LogP contribution in [0.1, 0.15) is 44.6 Å². The van der Waals surface area contributed by atoms with E-state index in [1.54, 1.807) is 31.2 Å². The van der Waals surface area contributed by atoms with Crippen molar-refractivity contribution in [1.82, 2.24) is 10.2 Å². The number of fused-ring (bicyclic) bond motifs is 1.